The summed E-state index contributed by atoms with van der Waals surface area (Å²) in [5, 5.41) is 94.2. The summed E-state index contributed by atoms with van der Waals surface area (Å²) in [6, 6.07) is 61.0. The van der Waals surface area contributed by atoms with Crippen LogP contribution in [-0.4, -0.2) is 170 Å². The Morgan fingerprint density at radius 2 is 0.639 bits per heavy atom. The van der Waals surface area contributed by atoms with Crippen molar-refractivity contribution in [3.8, 4) is 52.3 Å². The van der Waals surface area contributed by atoms with Crippen LogP contribution in [0, 0.1) is 18.8 Å². The second-order valence-corrected chi connectivity index (χ2v) is 39.1. The molecule has 0 bridgehead atoms. The SMILES string of the molecule is Cc1ccc2c(c1)c(O)c(C(c1ccnc(OCc3ccccc3)c1)N1CCCCC1)c1c(C(=O)O)coc12.O=C(O)c1coc2c1c(C(c1ccnc(OCC3CC3)c1)N1CCCCC1)c(O)c1ccccc12.O=C(O)c1coc2c1c(C(c1ccnc(OCCC3CC3)c1)N1CCCCC1)c(O)c1ccccc12.O=C(O)c1coc2c1c(C(c1ccnc(Oc3ccccc3)c1)N1CCCCC1)c(O)c1ccccc12. The third-order valence-electron chi connectivity index (χ3n) is 29.4. The number of hydrogen-bond donors (Lipinski definition) is 8. The Morgan fingerprint density at radius 1 is 0.333 bits per heavy atom. The highest BCUT2D eigenvalue weighted by molar-refractivity contribution is 6.20. The molecule has 6 fully saturated rings. The number of hydrogen-bond acceptors (Lipinski definition) is 24. The fourth-order valence-corrected chi connectivity index (χ4v) is 21.9. The lowest BCUT2D eigenvalue weighted by Gasteiger charge is -2.36. The van der Waals surface area contributed by atoms with E-state index in [9.17, 15) is 60.0 Å². The van der Waals surface area contributed by atoms with Crippen LogP contribution >= 0.6 is 0 Å². The maximum atomic E-state index is 12.4. The largest absolute Gasteiger partial charge is 0.507 e. The summed E-state index contributed by atoms with van der Waals surface area (Å²) in [6.45, 7) is 10.3. The quantitative estimate of drug-likeness (QED) is 0.0226. The topological polar surface area (TPSA) is 384 Å². The summed E-state index contributed by atoms with van der Waals surface area (Å²) in [4.78, 5) is 76.1. The highest BCUT2D eigenvalue weighted by Gasteiger charge is 2.40. The van der Waals surface area contributed by atoms with Gasteiger partial charge in [-0.25, -0.2) is 39.1 Å². The molecule has 12 heterocycles. The molecular formula is C119H114N8O20. The summed E-state index contributed by atoms with van der Waals surface area (Å²) in [5.74, 6) is -0.0134. The number of aromatic nitrogens is 4. The van der Waals surface area contributed by atoms with Crippen molar-refractivity contribution in [1.29, 1.82) is 0 Å². The number of piperidine rings is 4. The number of furan rings is 4. The van der Waals surface area contributed by atoms with E-state index in [0.29, 0.717) is 164 Å². The first-order valence-corrected chi connectivity index (χ1v) is 50.8. The fraction of sp³-hybridized carbons (Fsp3) is 0.294. The van der Waals surface area contributed by atoms with Crippen molar-refractivity contribution in [3.05, 3.63) is 328 Å². The number of fused-ring (bicyclic) bond motifs is 12. The summed E-state index contributed by atoms with van der Waals surface area (Å²) >= 11 is 0. The molecule has 28 nitrogen and oxygen atoms in total. The molecule has 18 aromatic rings. The van der Waals surface area contributed by atoms with Gasteiger partial charge in [-0.05, 0) is 212 Å². The van der Waals surface area contributed by atoms with Crippen LogP contribution in [0.5, 0.6) is 52.3 Å². The third kappa shape index (κ3) is 20.3. The fourth-order valence-electron chi connectivity index (χ4n) is 21.9. The van der Waals surface area contributed by atoms with Crippen LogP contribution in [0.25, 0.3) is 87.0 Å². The van der Waals surface area contributed by atoms with Crippen molar-refractivity contribution >= 4 is 111 Å². The van der Waals surface area contributed by atoms with Crippen LogP contribution < -0.4 is 18.9 Å². The van der Waals surface area contributed by atoms with E-state index < -0.39 is 36.0 Å². The van der Waals surface area contributed by atoms with E-state index in [1.54, 1.807) is 24.8 Å². The van der Waals surface area contributed by atoms with Gasteiger partial charge in [0.05, 0.1) is 37.4 Å². The number of likely N-dealkylation sites (tertiary alicyclic amines) is 4. The molecule has 147 heavy (non-hydrogen) atoms. The summed E-state index contributed by atoms with van der Waals surface area (Å²) in [6.07, 6.45) is 30.8. The minimum Gasteiger partial charge on any atom is -0.507 e. The molecule has 8 N–H and O–H groups in total. The predicted octanol–water partition coefficient (Wildman–Crippen LogP) is 25.5. The number of ether oxygens (including phenoxy) is 4. The number of nitrogens with zero attached hydrogens (tertiary/aromatic N) is 8. The van der Waals surface area contributed by atoms with Crippen LogP contribution in [-0.2, 0) is 6.61 Å². The molecule has 750 valence electrons. The zero-order valence-corrected chi connectivity index (χ0v) is 81.5. The lowest BCUT2D eigenvalue weighted by molar-refractivity contribution is 0.0686. The second-order valence-electron chi connectivity index (χ2n) is 39.1. The van der Waals surface area contributed by atoms with Crippen molar-refractivity contribution in [3.63, 3.8) is 0 Å². The van der Waals surface area contributed by atoms with Gasteiger partial charge in [0, 0.05) is 136 Å². The van der Waals surface area contributed by atoms with Crippen LogP contribution in [0.15, 0.2) is 268 Å². The molecular weight excluding hydrogens is 1860 g/mol. The average molecular weight is 1980 g/mol. The molecule has 8 aromatic heterocycles. The highest BCUT2D eigenvalue weighted by atomic mass is 16.5. The van der Waals surface area contributed by atoms with Crippen molar-refractivity contribution in [2.45, 2.75) is 147 Å². The van der Waals surface area contributed by atoms with Gasteiger partial charge in [-0.2, -0.15) is 0 Å². The lowest BCUT2D eigenvalue weighted by atomic mass is 9.88. The van der Waals surface area contributed by atoms with Gasteiger partial charge >= 0.3 is 23.9 Å². The normalized spacial score (nSPS) is 16.3. The zero-order chi connectivity index (χ0) is 101. The smallest absolute Gasteiger partial charge is 0.339 e. The molecule has 10 aromatic carbocycles. The lowest BCUT2D eigenvalue weighted by Crippen LogP contribution is -2.34. The molecule has 4 unspecified atom stereocenters. The molecule has 4 saturated heterocycles. The summed E-state index contributed by atoms with van der Waals surface area (Å²) < 4.78 is 47.5. The van der Waals surface area contributed by atoms with Crippen molar-refractivity contribution in [2.75, 3.05) is 65.6 Å². The molecule has 24 rings (SSSR count). The van der Waals surface area contributed by atoms with E-state index in [-0.39, 0.29) is 57.3 Å². The number of phenols is 4. The predicted molar refractivity (Wildman–Crippen MR) is 558 cm³/mol. The highest BCUT2D eigenvalue weighted by Crippen LogP contribution is 2.54. The van der Waals surface area contributed by atoms with E-state index in [1.165, 1.54) is 50.7 Å². The van der Waals surface area contributed by atoms with E-state index >= 15 is 0 Å². The van der Waals surface area contributed by atoms with Gasteiger partial charge in [-0.3, -0.25) is 19.6 Å². The van der Waals surface area contributed by atoms with Crippen molar-refractivity contribution in [1.82, 2.24) is 39.5 Å². The zero-order valence-electron chi connectivity index (χ0n) is 81.5. The molecule has 2 aliphatic carbocycles. The Kier molecular flexibility index (Phi) is 28.6. The Bertz CT molecular complexity index is 7900. The van der Waals surface area contributed by atoms with Crippen molar-refractivity contribution in [2.24, 2.45) is 11.8 Å². The van der Waals surface area contributed by atoms with Crippen LogP contribution in [0.1, 0.15) is 230 Å². The van der Waals surface area contributed by atoms with Gasteiger partial charge in [-0.15, -0.1) is 0 Å². The van der Waals surface area contributed by atoms with Gasteiger partial charge in [0.15, 0.2) is 0 Å². The number of benzene rings is 10. The van der Waals surface area contributed by atoms with E-state index in [1.807, 2.05) is 207 Å². The van der Waals surface area contributed by atoms with E-state index in [4.69, 9.17) is 36.6 Å². The van der Waals surface area contributed by atoms with Crippen molar-refractivity contribution < 1.29 is 96.6 Å². The van der Waals surface area contributed by atoms with Gasteiger partial charge < -0.3 is 77.5 Å². The molecule has 4 atom stereocenters. The molecule has 0 spiro atoms. The molecule has 6 aliphatic rings. The number of carbonyl (C=O) groups is 4. The number of carboxylic acids is 4. The third-order valence-corrected chi connectivity index (χ3v) is 29.4. The monoisotopic (exact) mass is 1970 g/mol. The first-order chi connectivity index (χ1) is 71.9. The molecule has 0 amide bonds. The van der Waals surface area contributed by atoms with Gasteiger partial charge in [-0.1, -0.05) is 178 Å². The Balaban J connectivity index is 0.000000115. The maximum absolute atomic E-state index is 12.4. The van der Waals surface area contributed by atoms with Crippen LogP contribution in [0.3, 0.4) is 0 Å². The minimum atomic E-state index is -1.10. The van der Waals surface area contributed by atoms with Gasteiger partial charge in [0.2, 0.25) is 23.5 Å². The average Bonchev–Trinajstić information content (AvgIpc) is 1.67. The van der Waals surface area contributed by atoms with Crippen LogP contribution in [0.2, 0.25) is 0 Å². The second kappa shape index (κ2) is 43.2. The van der Waals surface area contributed by atoms with Crippen LogP contribution in [0.4, 0.5) is 0 Å². The Hall–Kier alpha value is -15.9. The number of aromatic carboxylic acids is 4. The van der Waals surface area contributed by atoms with E-state index in [0.717, 1.165) is 175 Å². The number of carboxylic acid groups (broad SMARTS) is 4. The Labute approximate surface area is 846 Å². The summed E-state index contributed by atoms with van der Waals surface area (Å²) in [7, 11) is 0. The first-order valence-electron chi connectivity index (χ1n) is 50.8. The first kappa shape index (κ1) is 97.2. The molecule has 4 aliphatic heterocycles. The number of para-hydroxylation sites is 1. The van der Waals surface area contributed by atoms with E-state index in [2.05, 4.69) is 39.5 Å². The summed E-state index contributed by atoms with van der Waals surface area (Å²) in [5.41, 5.74) is 9.82. The number of phenolic OH excluding ortho intramolecular Hbond substituents is 4. The number of aromatic hydroxyl groups is 4. The standard InChI is InChI=1S/C32H30N2O5.C30H26N2O5.C29H30N2O5.C28H28N2O5/c1-20-10-11-23-24(16-20)30(35)28(27-25(32(36)37)19-39-31(23)27)29(34-14-6-3-7-15-34)22-12-13-33-26(17-22)38-18-21-8-4-2-5-9-21;33-28-21-11-5-6-12-22(21)29-25(23(18-36-29)30(34)35)26(28)27(32-15-7-2-8-16-32)19-13-14-31-24(17-19)37-20-9-3-1-4-10-20;32-27-20-6-2-3-7-21(20)28-24(22(17-36-28)29(33)34)25(27)26(31-13-4-1-5-14-31)19-10-12-30-23(16-19)35-15-11-18-8-9-18;31-26-19-6-2-3-7-20(19)27-23(21(16-35-27)28(32)33)24(26)25(30-12-4-1-5-13-30)18-10-11-29-22(14-18)34-15-17-8-9-17/h2,4-5,8-13,16-17,19,29,35H,3,6-7,14-15,18H2,1H3,(H,36,37);1,3-6,9-14,17-18,27,33H,2,7-8,15-16H2,(H,34,35);2-3,6-7,10,12,16-18,26,32H,1,4-5,8-9,11,13-15H2,(H,33,34);2-3,6-7,10-11,14,16-17,25,31H,1,4-5,8-9,12-13,15H2,(H,32,33). The van der Waals surface area contributed by atoms with Gasteiger partial charge in [0.1, 0.15) is 105 Å². The number of rotatable bonds is 28. The maximum Gasteiger partial charge on any atom is 0.339 e. The molecule has 28 heteroatoms. The Morgan fingerprint density at radius 3 is 0.993 bits per heavy atom. The number of aryl methyl sites for hydroxylation is 1. The molecule has 2 saturated carbocycles. The van der Waals surface area contributed by atoms with Gasteiger partial charge in [0.25, 0.3) is 0 Å². The minimum absolute atomic E-state index is 0.0304. The molecule has 0 radical (unpaired) electrons. The number of pyridine rings is 4.